The molecule has 0 aliphatic carbocycles. The molecule has 0 heterocycles. The summed E-state index contributed by atoms with van der Waals surface area (Å²) < 4.78 is 0. The van der Waals surface area contributed by atoms with Gasteiger partial charge in [-0.25, -0.2) is 0 Å². The van der Waals surface area contributed by atoms with Crippen molar-refractivity contribution >= 4 is 11.6 Å². The molecule has 0 saturated heterocycles. The van der Waals surface area contributed by atoms with Gasteiger partial charge in [0.15, 0.2) is 0 Å². The Morgan fingerprint density at radius 3 is 2.25 bits per heavy atom. The lowest BCUT2D eigenvalue weighted by Gasteiger charge is -2.11. The normalized spacial score (nSPS) is 9.96. The quantitative estimate of drug-likeness (QED) is 0.776. The number of nitrogens with zero attached hydrogens (tertiary/aromatic N) is 1. The Kier molecular flexibility index (Phi) is 4.69. The minimum atomic E-state index is -0.181. The highest BCUT2D eigenvalue weighted by molar-refractivity contribution is 6.04. The summed E-state index contributed by atoms with van der Waals surface area (Å²) in [5.74, 6) is -0.181. The Labute approximate surface area is 141 Å². The molecule has 1 N–H and O–H groups in total. The van der Waals surface area contributed by atoms with Crippen molar-refractivity contribution < 1.29 is 4.79 Å². The maximum Gasteiger partial charge on any atom is 0.255 e. The number of para-hydroxylation sites is 1. The third-order valence-corrected chi connectivity index (χ3v) is 3.78. The molecule has 3 aromatic rings. The van der Waals surface area contributed by atoms with Crippen LogP contribution in [0, 0.1) is 11.3 Å². The summed E-state index contributed by atoms with van der Waals surface area (Å²) in [5, 5.41) is 11.8. The van der Waals surface area contributed by atoms with Crippen LogP contribution in [0.4, 0.5) is 5.69 Å². The second-order valence-corrected chi connectivity index (χ2v) is 5.46. The zero-order valence-electron chi connectivity index (χ0n) is 13.1. The highest BCUT2D eigenvalue weighted by atomic mass is 16.1. The second-order valence-electron chi connectivity index (χ2n) is 5.46. The molecule has 0 aliphatic rings. The van der Waals surface area contributed by atoms with Crippen molar-refractivity contribution in [1.29, 1.82) is 5.26 Å². The Morgan fingerprint density at radius 2 is 1.54 bits per heavy atom. The van der Waals surface area contributed by atoms with Crippen LogP contribution in [0.25, 0.3) is 0 Å². The summed E-state index contributed by atoms with van der Waals surface area (Å²) >= 11 is 0. The van der Waals surface area contributed by atoms with E-state index in [2.05, 4.69) is 17.4 Å². The van der Waals surface area contributed by atoms with E-state index < -0.39 is 0 Å². The van der Waals surface area contributed by atoms with Crippen molar-refractivity contribution in [3.63, 3.8) is 0 Å². The highest BCUT2D eigenvalue weighted by Gasteiger charge is 2.09. The van der Waals surface area contributed by atoms with Crippen LogP contribution in [0.2, 0.25) is 0 Å². The van der Waals surface area contributed by atoms with Gasteiger partial charge in [0.1, 0.15) is 0 Å². The second kappa shape index (κ2) is 7.26. The number of rotatable bonds is 4. The predicted octanol–water partition coefficient (Wildman–Crippen LogP) is 4.40. The van der Waals surface area contributed by atoms with E-state index in [0.29, 0.717) is 11.1 Å². The van der Waals surface area contributed by atoms with Crippen molar-refractivity contribution in [3.05, 3.63) is 101 Å². The van der Waals surface area contributed by atoms with Gasteiger partial charge in [-0.2, -0.15) is 5.26 Å². The summed E-state index contributed by atoms with van der Waals surface area (Å²) in [4.78, 5) is 12.4. The summed E-state index contributed by atoms with van der Waals surface area (Å²) in [7, 11) is 0. The van der Waals surface area contributed by atoms with Gasteiger partial charge in [-0.15, -0.1) is 0 Å². The standard InChI is InChI=1S/C21H16N2O/c22-15-17-10-12-18(13-11-17)21(24)23-20-9-5-4-8-19(20)14-16-6-2-1-3-7-16/h1-13H,14H2,(H,23,24). The molecule has 116 valence electrons. The molecular formula is C21H16N2O. The van der Waals surface area contributed by atoms with E-state index in [4.69, 9.17) is 5.26 Å². The van der Waals surface area contributed by atoms with E-state index in [1.165, 1.54) is 5.56 Å². The lowest BCUT2D eigenvalue weighted by atomic mass is 10.0. The fraction of sp³-hybridized carbons (Fsp3) is 0.0476. The minimum absolute atomic E-state index is 0.181. The maximum atomic E-state index is 12.4. The van der Waals surface area contributed by atoms with Crippen LogP contribution in [0.15, 0.2) is 78.9 Å². The van der Waals surface area contributed by atoms with Gasteiger partial charge in [0.25, 0.3) is 5.91 Å². The van der Waals surface area contributed by atoms with E-state index in [9.17, 15) is 4.79 Å². The summed E-state index contributed by atoms with van der Waals surface area (Å²) in [6.07, 6.45) is 0.755. The summed E-state index contributed by atoms with van der Waals surface area (Å²) in [6.45, 7) is 0. The van der Waals surface area contributed by atoms with Crippen LogP contribution in [-0.4, -0.2) is 5.91 Å². The van der Waals surface area contributed by atoms with Crippen LogP contribution in [0.3, 0.4) is 0 Å². The Hall–Kier alpha value is -3.38. The van der Waals surface area contributed by atoms with Gasteiger partial charge in [0.2, 0.25) is 0 Å². The van der Waals surface area contributed by atoms with Gasteiger partial charge >= 0.3 is 0 Å². The van der Waals surface area contributed by atoms with Crippen molar-refractivity contribution in [2.75, 3.05) is 5.32 Å². The predicted molar refractivity (Wildman–Crippen MR) is 94.8 cm³/mol. The average molecular weight is 312 g/mol. The zero-order chi connectivity index (χ0) is 16.8. The number of amides is 1. The van der Waals surface area contributed by atoms with Crippen LogP contribution in [0.1, 0.15) is 27.0 Å². The molecule has 0 bridgehead atoms. The largest absolute Gasteiger partial charge is 0.322 e. The molecule has 0 unspecified atom stereocenters. The van der Waals surface area contributed by atoms with Gasteiger partial charge in [0.05, 0.1) is 11.6 Å². The molecule has 3 aromatic carbocycles. The topological polar surface area (TPSA) is 52.9 Å². The molecule has 0 fully saturated rings. The first-order valence-corrected chi connectivity index (χ1v) is 7.69. The van der Waals surface area contributed by atoms with Crippen LogP contribution < -0.4 is 5.32 Å². The summed E-state index contributed by atoms with van der Waals surface area (Å²) in [5.41, 5.74) is 4.12. The van der Waals surface area contributed by atoms with E-state index in [0.717, 1.165) is 17.7 Å². The van der Waals surface area contributed by atoms with Gasteiger partial charge in [-0.1, -0.05) is 48.5 Å². The highest BCUT2D eigenvalue weighted by Crippen LogP contribution is 2.20. The van der Waals surface area contributed by atoms with Crippen LogP contribution in [-0.2, 0) is 6.42 Å². The number of anilines is 1. The number of hydrogen-bond acceptors (Lipinski definition) is 2. The Balaban J connectivity index is 1.79. The van der Waals surface area contributed by atoms with Gasteiger partial charge < -0.3 is 5.32 Å². The number of benzene rings is 3. The van der Waals surface area contributed by atoms with E-state index >= 15 is 0 Å². The van der Waals surface area contributed by atoms with Crippen LogP contribution >= 0.6 is 0 Å². The Morgan fingerprint density at radius 1 is 0.875 bits per heavy atom. The first-order valence-electron chi connectivity index (χ1n) is 7.69. The first-order chi connectivity index (χ1) is 11.8. The third kappa shape index (κ3) is 3.68. The van der Waals surface area contributed by atoms with E-state index in [1.54, 1.807) is 24.3 Å². The number of hydrogen-bond donors (Lipinski definition) is 1. The SMILES string of the molecule is N#Cc1ccc(C(=O)Nc2ccccc2Cc2ccccc2)cc1. The molecule has 3 nitrogen and oxygen atoms in total. The Bertz CT molecular complexity index is 878. The number of carbonyl (C=O) groups is 1. The lowest BCUT2D eigenvalue weighted by Crippen LogP contribution is -2.13. The maximum absolute atomic E-state index is 12.4. The molecular weight excluding hydrogens is 296 g/mol. The molecule has 0 saturated carbocycles. The van der Waals surface area contributed by atoms with Crippen molar-refractivity contribution in [1.82, 2.24) is 0 Å². The van der Waals surface area contributed by atoms with Gasteiger partial charge in [0, 0.05) is 11.3 Å². The summed E-state index contributed by atoms with van der Waals surface area (Å²) in [6, 6.07) is 26.6. The van der Waals surface area contributed by atoms with Crippen molar-refractivity contribution in [3.8, 4) is 6.07 Å². The molecule has 0 atom stereocenters. The smallest absolute Gasteiger partial charge is 0.255 e. The van der Waals surface area contributed by atoms with Crippen molar-refractivity contribution in [2.45, 2.75) is 6.42 Å². The molecule has 24 heavy (non-hydrogen) atoms. The van der Waals surface area contributed by atoms with Crippen molar-refractivity contribution in [2.24, 2.45) is 0 Å². The number of nitrogens with one attached hydrogen (secondary N) is 1. The third-order valence-electron chi connectivity index (χ3n) is 3.78. The average Bonchev–Trinajstić information content (AvgIpc) is 2.64. The first kappa shape index (κ1) is 15.5. The lowest BCUT2D eigenvalue weighted by molar-refractivity contribution is 0.102. The van der Waals surface area contributed by atoms with Crippen LogP contribution in [0.5, 0.6) is 0 Å². The number of nitriles is 1. The monoisotopic (exact) mass is 312 g/mol. The molecule has 3 rings (SSSR count). The fourth-order valence-electron chi connectivity index (χ4n) is 2.50. The minimum Gasteiger partial charge on any atom is -0.322 e. The van der Waals surface area contributed by atoms with Gasteiger partial charge in [-0.05, 0) is 47.9 Å². The molecule has 3 heteroatoms. The molecule has 1 amide bonds. The zero-order valence-corrected chi connectivity index (χ0v) is 13.1. The molecule has 0 aromatic heterocycles. The fourth-order valence-corrected chi connectivity index (χ4v) is 2.50. The molecule has 0 spiro atoms. The molecule has 0 radical (unpaired) electrons. The van der Waals surface area contributed by atoms with E-state index in [1.807, 2.05) is 48.5 Å². The number of carbonyl (C=O) groups excluding carboxylic acids is 1. The molecule has 0 aliphatic heterocycles. The van der Waals surface area contributed by atoms with Gasteiger partial charge in [-0.3, -0.25) is 4.79 Å². The van der Waals surface area contributed by atoms with E-state index in [-0.39, 0.29) is 5.91 Å².